The molecular weight excluding hydrogens is 455 g/mol. The molecule has 0 spiro atoms. The van der Waals surface area contributed by atoms with Crippen molar-refractivity contribution in [2.45, 2.75) is 69.2 Å². The number of halogens is 2. The number of ether oxygens (including phenoxy) is 2. The van der Waals surface area contributed by atoms with Crippen LogP contribution in [-0.4, -0.2) is 56.1 Å². The van der Waals surface area contributed by atoms with Crippen LogP contribution >= 0.6 is 11.6 Å². The van der Waals surface area contributed by atoms with Gasteiger partial charge in [0.1, 0.15) is 11.6 Å². The van der Waals surface area contributed by atoms with E-state index in [-0.39, 0.29) is 11.4 Å². The van der Waals surface area contributed by atoms with E-state index in [1.165, 1.54) is 6.07 Å². The number of hydrogen-bond acceptors (Lipinski definition) is 6. The minimum Gasteiger partial charge on any atom is -0.383 e. The maximum absolute atomic E-state index is 14.5. The summed E-state index contributed by atoms with van der Waals surface area (Å²) in [5, 5.41) is 11.0. The molecule has 2 aromatic rings. The Labute approximate surface area is 207 Å². The van der Waals surface area contributed by atoms with Crippen LogP contribution in [0, 0.1) is 5.82 Å². The summed E-state index contributed by atoms with van der Waals surface area (Å²) in [5.74, 6) is 0.503. The molecule has 0 radical (unpaired) electrons. The van der Waals surface area contributed by atoms with Crippen molar-refractivity contribution in [3.05, 3.63) is 41.3 Å². The monoisotopic (exact) mass is 490 g/mol. The lowest BCUT2D eigenvalue weighted by molar-refractivity contribution is 0.0914. The highest BCUT2D eigenvalue weighted by atomic mass is 35.5. The first-order valence-electron chi connectivity index (χ1n) is 12.2. The molecule has 0 saturated heterocycles. The van der Waals surface area contributed by atoms with Crippen LogP contribution in [0.1, 0.15) is 45.4 Å². The molecule has 0 amide bonds. The topological polar surface area (TPSA) is 67.4 Å². The average molecular weight is 491 g/mol. The van der Waals surface area contributed by atoms with Gasteiger partial charge in [0.25, 0.3) is 0 Å². The van der Waals surface area contributed by atoms with Crippen LogP contribution in [0.4, 0.5) is 15.9 Å². The van der Waals surface area contributed by atoms with Gasteiger partial charge in [-0.1, -0.05) is 17.7 Å². The molecule has 0 aliphatic heterocycles. The molecule has 2 fully saturated rings. The zero-order valence-corrected chi connectivity index (χ0v) is 21.1. The molecule has 6 nitrogen and oxygen atoms in total. The Morgan fingerprint density at radius 2 is 1.88 bits per heavy atom. The Morgan fingerprint density at radius 1 is 1.15 bits per heavy atom. The van der Waals surface area contributed by atoms with Crippen LogP contribution in [0.5, 0.6) is 0 Å². The van der Waals surface area contributed by atoms with Crippen LogP contribution in [0.15, 0.2) is 30.5 Å². The van der Waals surface area contributed by atoms with Crippen LogP contribution < -0.4 is 16.0 Å². The zero-order valence-electron chi connectivity index (χ0n) is 20.3. The molecule has 2 aliphatic rings. The van der Waals surface area contributed by atoms with E-state index in [1.807, 2.05) is 12.1 Å². The van der Waals surface area contributed by atoms with Crippen molar-refractivity contribution in [1.29, 1.82) is 0 Å². The van der Waals surface area contributed by atoms with E-state index in [9.17, 15) is 4.39 Å². The van der Waals surface area contributed by atoms with Crippen molar-refractivity contribution in [3.63, 3.8) is 0 Å². The quantitative estimate of drug-likeness (QED) is 0.387. The Balaban J connectivity index is 1.39. The van der Waals surface area contributed by atoms with Gasteiger partial charge in [-0.3, -0.25) is 0 Å². The van der Waals surface area contributed by atoms with Gasteiger partial charge >= 0.3 is 0 Å². The Hall–Kier alpha value is -1.93. The Morgan fingerprint density at radius 3 is 2.56 bits per heavy atom. The zero-order chi connectivity index (χ0) is 24.1. The number of nitrogens with one attached hydrogen (secondary N) is 3. The van der Waals surface area contributed by atoms with E-state index < -0.39 is 0 Å². The number of methoxy groups -OCH3 is 2. The van der Waals surface area contributed by atoms with E-state index in [1.54, 1.807) is 26.5 Å². The standard InChI is InChI=1S/C26H36ClFN4O2/c1-17(15-33-2)31-19-5-7-20(8-6-19)32-25-13-21(22(27)14-29-25)18-4-9-23(28)24(12-18)30-16-26(34-3)10-11-26/h4,9,12-14,17,19-20,30-31H,5-8,10-11,15-16H2,1-3H3,(H,29,32)/t17-,19?,20?/m0/s1. The SMILES string of the molecule is COC[C@H](C)NC1CCC(Nc2cc(-c3ccc(F)c(NCC4(OC)CC4)c3)c(Cl)cn2)CC1. The number of pyridine rings is 1. The van der Waals surface area contributed by atoms with E-state index in [0.29, 0.717) is 35.4 Å². The van der Waals surface area contributed by atoms with E-state index >= 15 is 0 Å². The molecule has 0 unspecified atom stereocenters. The smallest absolute Gasteiger partial charge is 0.146 e. The summed E-state index contributed by atoms with van der Waals surface area (Å²) in [6, 6.07) is 8.26. The normalized spacial score (nSPS) is 22.3. The highest BCUT2D eigenvalue weighted by Gasteiger charge is 2.42. The second-order valence-electron chi connectivity index (χ2n) is 9.70. The lowest BCUT2D eigenvalue weighted by atomic mass is 9.90. The number of rotatable bonds is 11. The molecule has 2 aliphatic carbocycles. The first-order chi connectivity index (χ1) is 16.4. The van der Waals surface area contributed by atoms with Gasteiger partial charge in [-0.25, -0.2) is 9.37 Å². The summed E-state index contributed by atoms with van der Waals surface area (Å²) < 4.78 is 25.2. The summed E-state index contributed by atoms with van der Waals surface area (Å²) in [4.78, 5) is 4.50. The molecule has 1 atom stereocenters. The predicted molar refractivity (Wildman–Crippen MR) is 136 cm³/mol. The summed E-state index contributed by atoms with van der Waals surface area (Å²) in [6.45, 7) is 3.47. The fourth-order valence-corrected chi connectivity index (χ4v) is 4.94. The van der Waals surface area contributed by atoms with Crippen LogP contribution in [0.25, 0.3) is 11.1 Å². The molecule has 34 heavy (non-hydrogen) atoms. The summed E-state index contributed by atoms with van der Waals surface area (Å²) in [6.07, 6.45) is 8.02. The lowest BCUT2D eigenvalue weighted by Crippen LogP contribution is -2.42. The van der Waals surface area contributed by atoms with Crippen molar-refractivity contribution < 1.29 is 13.9 Å². The van der Waals surface area contributed by atoms with Crippen molar-refractivity contribution in [1.82, 2.24) is 10.3 Å². The summed E-state index contributed by atoms with van der Waals surface area (Å²) >= 11 is 6.50. The van der Waals surface area contributed by atoms with Gasteiger partial charge in [-0.2, -0.15) is 0 Å². The molecular formula is C26H36ClFN4O2. The second kappa shape index (κ2) is 11.2. The third-order valence-electron chi connectivity index (χ3n) is 6.99. The minimum atomic E-state index is -0.288. The predicted octanol–water partition coefficient (Wildman–Crippen LogP) is 5.48. The number of hydrogen-bond donors (Lipinski definition) is 3. The van der Waals surface area contributed by atoms with Crippen molar-refractivity contribution >= 4 is 23.1 Å². The summed E-state index contributed by atoms with van der Waals surface area (Å²) in [5.41, 5.74) is 1.97. The van der Waals surface area contributed by atoms with Crippen molar-refractivity contribution in [2.75, 3.05) is 38.0 Å². The Kier molecular flexibility index (Phi) is 8.30. The number of nitrogens with zero attached hydrogens (tertiary/aromatic N) is 1. The molecule has 8 heteroatoms. The molecule has 3 N–H and O–H groups in total. The maximum atomic E-state index is 14.5. The van der Waals surface area contributed by atoms with Crippen LogP contribution in [0.3, 0.4) is 0 Å². The van der Waals surface area contributed by atoms with Gasteiger partial charge in [-0.05, 0) is 69.2 Å². The maximum Gasteiger partial charge on any atom is 0.146 e. The molecule has 2 saturated carbocycles. The first kappa shape index (κ1) is 25.2. The van der Waals surface area contributed by atoms with Gasteiger partial charge < -0.3 is 25.4 Å². The molecule has 0 bridgehead atoms. The molecule has 186 valence electrons. The Bertz CT molecular complexity index is 964. The molecule has 1 heterocycles. The fourth-order valence-electron chi connectivity index (χ4n) is 4.73. The molecule has 1 aromatic carbocycles. The largest absolute Gasteiger partial charge is 0.383 e. The fraction of sp³-hybridized carbons (Fsp3) is 0.577. The molecule has 4 rings (SSSR count). The van der Waals surface area contributed by atoms with Crippen molar-refractivity contribution in [3.8, 4) is 11.1 Å². The van der Waals surface area contributed by atoms with Crippen molar-refractivity contribution in [2.24, 2.45) is 0 Å². The van der Waals surface area contributed by atoms with Gasteiger partial charge in [0.05, 0.1) is 22.9 Å². The third-order valence-corrected chi connectivity index (χ3v) is 7.29. The second-order valence-corrected chi connectivity index (χ2v) is 10.1. The lowest BCUT2D eigenvalue weighted by Gasteiger charge is -2.32. The van der Waals surface area contributed by atoms with E-state index in [2.05, 4.69) is 27.9 Å². The highest BCUT2D eigenvalue weighted by Crippen LogP contribution is 2.39. The van der Waals surface area contributed by atoms with Crippen LogP contribution in [0.2, 0.25) is 5.02 Å². The van der Waals surface area contributed by atoms with Gasteiger partial charge in [0.2, 0.25) is 0 Å². The summed E-state index contributed by atoms with van der Waals surface area (Å²) in [7, 11) is 3.44. The van der Waals surface area contributed by atoms with Gasteiger partial charge in [0, 0.05) is 50.7 Å². The van der Waals surface area contributed by atoms with E-state index in [0.717, 1.165) is 62.1 Å². The number of aromatic nitrogens is 1. The first-order valence-corrected chi connectivity index (χ1v) is 12.5. The van der Waals surface area contributed by atoms with Crippen LogP contribution in [-0.2, 0) is 9.47 Å². The minimum absolute atomic E-state index is 0.163. The number of anilines is 2. The highest BCUT2D eigenvalue weighted by molar-refractivity contribution is 6.33. The molecule has 1 aromatic heterocycles. The average Bonchev–Trinajstić information content (AvgIpc) is 3.62. The third kappa shape index (κ3) is 6.39. The van der Waals surface area contributed by atoms with E-state index in [4.69, 9.17) is 21.1 Å². The van der Waals surface area contributed by atoms with Gasteiger partial charge in [0.15, 0.2) is 0 Å². The number of benzene rings is 1. The van der Waals surface area contributed by atoms with Gasteiger partial charge in [-0.15, -0.1) is 0 Å².